The van der Waals surface area contributed by atoms with E-state index in [4.69, 9.17) is 0 Å². The molecule has 2 unspecified atom stereocenters. The molecule has 9 heavy (non-hydrogen) atoms. The normalized spacial score (nSPS) is 29.9. The summed E-state index contributed by atoms with van der Waals surface area (Å²) in [4.78, 5) is 10.7. The van der Waals surface area contributed by atoms with Crippen molar-refractivity contribution in [3.63, 3.8) is 0 Å². The average Bonchev–Trinajstić information content (AvgIpc) is 2.13. The predicted molar refractivity (Wildman–Crippen MR) is 39.3 cm³/mol. The van der Waals surface area contributed by atoms with Gasteiger partial charge >= 0.3 is 0 Å². The molecule has 1 N–H and O–H groups in total. The summed E-state index contributed by atoms with van der Waals surface area (Å²) < 4.78 is 10.7. The molecule has 0 radical (unpaired) electrons. The van der Waals surface area contributed by atoms with Gasteiger partial charge in [0.1, 0.15) is 6.50 Å². The molecule has 2 atom stereocenters. The Kier molecular flexibility index (Phi) is 2.30. The van der Waals surface area contributed by atoms with Gasteiger partial charge in [0.05, 0.1) is 5.66 Å². The summed E-state index contributed by atoms with van der Waals surface area (Å²) in [6.45, 7) is -1.14. The fourth-order valence-corrected chi connectivity index (χ4v) is 2.80. The minimum atomic E-state index is -1.81. The number of hydrogen-bond donors (Lipinski definition) is 1. The van der Waals surface area contributed by atoms with Crippen LogP contribution in [-0.2, 0) is 9.36 Å². The van der Waals surface area contributed by atoms with Crippen molar-refractivity contribution in [1.29, 1.82) is 0 Å². The van der Waals surface area contributed by atoms with E-state index in [0.29, 0.717) is 13.0 Å². The number of amides is 1. The summed E-state index contributed by atoms with van der Waals surface area (Å²) in [7, 11) is 0. The molecule has 1 saturated heterocycles. The van der Waals surface area contributed by atoms with Crippen LogP contribution in [0.3, 0.4) is 0 Å². The summed E-state index contributed by atoms with van der Waals surface area (Å²) in [5, 5.41) is 2.61. The van der Waals surface area contributed by atoms with E-state index in [-0.39, 0.29) is 11.6 Å². The van der Waals surface area contributed by atoms with E-state index in [0.717, 1.165) is 0 Å². The van der Waals surface area contributed by atoms with Gasteiger partial charge in [0.2, 0.25) is 5.91 Å². The van der Waals surface area contributed by atoms with Gasteiger partial charge in [-0.2, -0.15) is 0 Å². The van der Waals surface area contributed by atoms with Gasteiger partial charge in [0.25, 0.3) is 0 Å². The zero-order valence-electron chi connectivity index (χ0n) is 4.69. The number of carbonyl (C=O) groups excluding carboxylic acids is 1. The molecular formula is C4H7BrNO2P. The van der Waals surface area contributed by atoms with Crippen molar-refractivity contribution in [3.05, 3.63) is 0 Å². The Bertz CT molecular complexity index is 161. The van der Waals surface area contributed by atoms with Crippen LogP contribution >= 0.6 is 22.0 Å². The van der Waals surface area contributed by atoms with Crippen LogP contribution in [0.5, 0.6) is 0 Å². The second-order valence-corrected chi connectivity index (χ2v) is 5.59. The molecule has 1 rings (SSSR count). The van der Waals surface area contributed by atoms with Crippen LogP contribution in [0.15, 0.2) is 0 Å². The topological polar surface area (TPSA) is 46.2 Å². The Morgan fingerprint density at radius 3 is 2.67 bits per heavy atom. The molecule has 0 aromatic carbocycles. The van der Waals surface area contributed by atoms with Crippen molar-refractivity contribution < 1.29 is 9.36 Å². The van der Waals surface area contributed by atoms with E-state index in [1.165, 1.54) is 0 Å². The Morgan fingerprint density at radius 1 is 1.78 bits per heavy atom. The van der Waals surface area contributed by atoms with Gasteiger partial charge in [-0.05, 0) is 21.9 Å². The molecule has 5 heteroatoms. The molecule has 1 heterocycles. The third-order valence-electron chi connectivity index (χ3n) is 1.32. The summed E-state index contributed by atoms with van der Waals surface area (Å²) in [5.74, 6) is -0.0734. The van der Waals surface area contributed by atoms with Crippen LogP contribution in [0.1, 0.15) is 6.42 Å². The molecule has 0 bridgehead atoms. The molecule has 0 aliphatic carbocycles. The molecule has 0 aromatic heterocycles. The quantitative estimate of drug-likeness (QED) is 0.651. The van der Waals surface area contributed by atoms with Gasteiger partial charge < -0.3 is 9.88 Å². The number of hydrogen-bond acceptors (Lipinski definition) is 2. The molecule has 1 fully saturated rings. The molecule has 3 nitrogen and oxygen atoms in total. The van der Waals surface area contributed by atoms with Crippen LogP contribution in [0.4, 0.5) is 0 Å². The van der Waals surface area contributed by atoms with E-state index in [9.17, 15) is 9.36 Å². The van der Waals surface area contributed by atoms with E-state index in [1.807, 2.05) is 0 Å². The second-order valence-electron chi connectivity index (χ2n) is 1.94. The number of carbonyl (C=O) groups is 1. The Balaban J connectivity index is 2.60. The van der Waals surface area contributed by atoms with Crippen molar-refractivity contribution in [2.45, 2.75) is 12.1 Å². The SMILES string of the molecule is O=C1NCCC1[PH](=O)Br. The van der Waals surface area contributed by atoms with E-state index in [2.05, 4.69) is 20.8 Å². The van der Waals surface area contributed by atoms with Crippen molar-refractivity contribution in [3.8, 4) is 0 Å². The zero-order chi connectivity index (χ0) is 6.85. The van der Waals surface area contributed by atoms with E-state index >= 15 is 0 Å². The fraction of sp³-hybridized carbons (Fsp3) is 0.750. The lowest BCUT2D eigenvalue weighted by molar-refractivity contribution is -0.118. The number of halogens is 1. The average molecular weight is 212 g/mol. The summed E-state index contributed by atoms with van der Waals surface area (Å²) in [6.07, 6.45) is 0.710. The largest absolute Gasteiger partial charge is 0.355 e. The highest BCUT2D eigenvalue weighted by Crippen LogP contribution is 2.39. The first-order chi connectivity index (χ1) is 4.22. The van der Waals surface area contributed by atoms with Crippen LogP contribution in [0, 0.1) is 0 Å². The molecule has 0 aromatic rings. The lowest BCUT2D eigenvalue weighted by atomic mass is 10.4. The highest BCUT2D eigenvalue weighted by Gasteiger charge is 2.27. The van der Waals surface area contributed by atoms with E-state index < -0.39 is 6.50 Å². The molecule has 0 spiro atoms. The summed E-state index contributed by atoms with van der Waals surface area (Å²) >= 11 is 2.93. The van der Waals surface area contributed by atoms with Crippen LogP contribution in [0.2, 0.25) is 0 Å². The van der Waals surface area contributed by atoms with Crippen molar-refractivity contribution in [2.75, 3.05) is 6.54 Å². The first-order valence-corrected chi connectivity index (χ1v) is 6.43. The van der Waals surface area contributed by atoms with Crippen molar-refractivity contribution in [1.82, 2.24) is 5.32 Å². The van der Waals surface area contributed by atoms with Crippen molar-refractivity contribution >= 4 is 27.9 Å². The first kappa shape index (κ1) is 7.29. The summed E-state index contributed by atoms with van der Waals surface area (Å²) in [5.41, 5.74) is -0.255. The lowest BCUT2D eigenvalue weighted by Gasteiger charge is -1.96. The minimum Gasteiger partial charge on any atom is -0.355 e. The first-order valence-electron chi connectivity index (χ1n) is 2.69. The van der Waals surface area contributed by atoms with Gasteiger partial charge in [0.15, 0.2) is 0 Å². The lowest BCUT2D eigenvalue weighted by Crippen LogP contribution is -2.19. The molecule has 1 aliphatic rings. The van der Waals surface area contributed by atoms with Crippen molar-refractivity contribution in [2.24, 2.45) is 0 Å². The maximum Gasteiger partial charge on any atom is 0.231 e. The minimum absolute atomic E-state index is 0.0734. The predicted octanol–water partition coefficient (Wildman–Crippen LogP) is 0.744. The monoisotopic (exact) mass is 211 g/mol. The fourth-order valence-electron chi connectivity index (χ4n) is 0.811. The van der Waals surface area contributed by atoms with Gasteiger partial charge in [-0.15, -0.1) is 0 Å². The smallest absolute Gasteiger partial charge is 0.231 e. The highest BCUT2D eigenvalue weighted by atomic mass is 79.9. The maximum atomic E-state index is 10.7. The maximum absolute atomic E-state index is 10.7. The second kappa shape index (κ2) is 2.84. The van der Waals surface area contributed by atoms with Gasteiger partial charge in [0, 0.05) is 6.54 Å². The molecular weight excluding hydrogens is 205 g/mol. The van der Waals surface area contributed by atoms with Crippen LogP contribution < -0.4 is 5.32 Å². The van der Waals surface area contributed by atoms with E-state index in [1.54, 1.807) is 0 Å². The Labute approximate surface area is 61.7 Å². The Hall–Kier alpha value is 0.180. The Morgan fingerprint density at radius 2 is 2.44 bits per heavy atom. The molecule has 0 saturated carbocycles. The highest BCUT2D eigenvalue weighted by molar-refractivity contribution is 9.37. The summed E-state index contributed by atoms with van der Waals surface area (Å²) in [6, 6.07) is 0. The molecule has 1 aliphatic heterocycles. The van der Waals surface area contributed by atoms with Gasteiger partial charge in [-0.25, -0.2) is 0 Å². The number of nitrogens with one attached hydrogen (secondary N) is 1. The zero-order valence-corrected chi connectivity index (χ0v) is 7.27. The third-order valence-corrected chi connectivity index (χ3v) is 4.08. The molecule has 1 amide bonds. The van der Waals surface area contributed by atoms with Crippen LogP contribution in [0.25, 0.3) is 0 Å². The number of rotatable bonds is 1. The van der Waals surface area contributed by atoms with Gasteiger partial charge in [-0.1, -0.05) is 0 Å². The van der Waals surface area contributed by atoms with Crippen LogP contribution in [-0.4, -0.2) is 18.1 Å². The third kappa shape index (κ3) is 1.55. The standard InChI is InChI=1S/C4H7BrNO2P/c5-9(8)3-1-2-6-4(3)7/h3,9H,1-2H2,(H,6,7). The van der Waals surface area contributed by atoms with Gasteiger partial charge in [-0.3, -0.25) is 4.79 Å². The molecule has 52 valence electrons.